The summed E-state index contributed by atoms with van der Waals surface area (Å²) in [5, 5.41) is 3.21. The Hall–Kier alpha value is -1.55. The minimum Gasteiger partial charge on any atom is -0.468 e. The smallest absolute Gasteiger partial charge is 0.322 e. The van der Waals surface area contributed by atoms with Crippen molar-refractivity contribution in [2.24, 2.45) is 0 Å². The zero-order valence-electron chi connectivity index (χ0n) is 13.1. The molecule has 0 spiro atoms. The Morgan fingerprint density at radius 2 is 2.19 bits per heavy atom. The summed E-state index contributed by atoms with van der Waals surface area (Å²) < 4.78 is 4.88. The highest BCUT2D eigenvalue weighted by molar-refractivity contribution is 5.75. The number of esters is 1. The van der Waals surface area contributed by atoms with Crippen LogP contribution in [0.4, 0.5) is 5.69 Å². The number of ether oxygens (including phenoxy) is 1. The SMILES string of the molecule is CCNC(CCN1CCCCc2ccccc21)C(=O)OC. The monoisotopic (exact) mass is 290 g/mol. The minimum absolute atomic E-state index is 0.167. The first-order valence-electron chi connectivity index (χ1n) is 7.90. The second-order valence-electron chi connectivity index (χ2n) is 5.49. The van der Waals surface area contributed by atoms with Gasteiger partial charge >= 0.3 is 5.97 Å². The molecular weight excluding hydrogens is 264 g/mol. The number of rotatable bonds is 6. The number of carbonyl (C=O) groups excluding carboxylic acids is 1. The van der Waals surface area contributed by atoms with Gasteiger partial charge < -0.3 is 15.0 Å². The molecule has 1 atom stereocenters. The molecule has 0 saturated heterocycles. The molecule has 0 aliphatic carbocycles. The summed E-state index contributed by atoms with van der Waals surface area (Å²) in [6, 6.07) is 8.41. The molecule has 2 rings (SSSR count). The minimum atomic E-state index is -0.213. The van der Waals surface area contributed by atoms with Crippen LogP contribution in [0.1, 0.15) is 31.7 Å². The zero-order valence-corrected chi connectivity index (χ0v) is 13.1. The quantitative estimate of drug-likeness (QED) is 0.817. The molecule has 0 saturated carbocycles. The molecule has 0 bridgehead atoms. The van der Waals surface area contributed by atoms with Crippen molar-refractivity contribution in [2.75, 3.05) is 31.6 Å². The molecule has 1 heterocycles. The van der Waals surface area contributed by atoms with E-state index >= 15 is 0 Å². The first-order valence-corrected chi connectivity index (χ1v) is 7.90. The fourth-order valence-corrected chi connectivity index (χ4v) is 2.98. The predicted octanol–water partition coefficient (Wildman–Crippen LogP) is 2.37. The molecule has 116 valence electrons. The summed E-state index contributed by atoms with van der Waals surface area (Å²) in [6.45, 7) is 4.73. The number of carbonyl (C=O) groups is 1. The van der Waals surface area contributed by atoms with E-state index in [0.717, 1.165) is 32.5 Å². The maximum absolute atomic E-state index is 11.8. The second-order valence-corrected chi connectivity index (χ2v) is 5.49. The summed E-state index contributed by atoms with van der Waals surface area (Å²) in [5.41, 5.74) is 2.75. The van der Waals surface area contributed by atoms with Crippen LogP contribution in [0.25, 0.3) is 0 Å². The van der Waals surface area contributed by atoms with Crippen molar-refractivity contribution in [3.63, 3.8) is 0 Å². The number of anilines is 1. The number of benzene rings is 1. The van der Waals surface area contributed by atoms with E-state index < -0.39 is 0 Å². The third-order valence-corrected chi connectivity index (χ3v) is 4.08. The Bertz CT molecular complexity index is 462. The van der Waals surface area contributed by atoms with Gasteiger partial charge in [0.25, 0.3) is 0 Å². The van der Waals surface area contributed by atoms with Gasteiger partial charge in [-0.3, -0.25) is 4.79 Å². The summed E-state index contributed by atoms with van der Waals surface area (Å²) in [7, 11) is 1.45. The lowest BCUT2D eigenvalue weighted by atomic mass is 10.1. The van der Waals surface area contributed by atoms with Crippen LogP contribution < -0.4 is 10.2 Å². The van der Waals surface area contributed by atoms with Crippen LogP contribution in [-0.2, 0) is 16.0 Å². The van der Waals surface area contributed by atoms with Crippen LogP contribution in [0, 0.1) is 0 Å². The lowest BCUT2D eigenvalue weighted by molar-refractivity contribution is -0.143. The Kier molecular flexibility index (Phi) is 6.05. The number of aryl methyl sites for hydroxylation is 1. The lowest BCUT2D eigenvalue weighted by Crippen LogP contribution is -2.40. The Morgan fingerprint density at radius 3 is 2.95 bits per heavy atom. The molecule has 4 nitrogen and oxygen atoms in total. The highest BCUT2D eigenvalue weighted by Gasteiger charge is 2.21. The van der Waals surface area contributed by atoms with E-state index in [-0.39, 0.29) is 12.0 Å². The van der Waals surface area contributed by atoms with Crippen LogP contribution in [0.2, 0.25) is 0 Å². The van der Waals surface area contributed by atoms with Gasteiger partial charge in [-0.15, -0.1) is 0 Å². The van der Waals surface area contributed by atoms with E-state index in [4.69, 9.17) is 4.74 Å². The maximum Gasteiger partial charge on any atom is 0.322 e. The van der Waals surface area contributed by atoms with Gasteiger partial charge in [0.1, 0.15) is 6.04 Å². The number of fused-ring (bicyclic) bond motifs is 1. The lowest BCUT2D eigenvalue weighted by Gasteiger charge is -2.27. The standard InChI is InChI=1S/C17H26N2O2/c1-3-18-15(17(20)21-2)11-13-19-12-7-6-9-14-8-4-5-10-16(14)19/h4-5,8,10,15,18H,3,6-7,9,11-13H2,1-2H3. The normalized spacial score (nSPS) is 16.0. The van der Waals surface area contributed by atoms with Crippen molar-refractivity contribution in [1.82, 2.24) is 5.32 Å². The van der Waals surface area contributed by atoms with E-state index in [1.807, 2.05) is 6.92 Å². The molecule has 4 heteroatoms. The molecule has 1 aliphatic heterocycles. The van der Waals surface area contributed by atoms with Gasteiger partial charge in [0.15, 0.2) is 0 Å². The molecule has 1 aliphatic rings. The van der Waals surface area contributed by atoms with Gasteiger partial charge in [-0.05, 0) is 43.9 Å². The Labute approximate surface area is 127 Å². The van der Waals surface area contributed by atoms with Crippen LogP contribution in [0.15, 0.2) is 24.3 Å². The van der Waals surface area contributed by atoms with Gasteiger partial charge in [-0.2, -0.15) is 0 Å². The average Bonchev–Trinajstić information content (AvgIpc) is 2.73. The summed E-state index contributed by atoms with van der Waals surface area (Å²) in [5.74, 6) is -0.167. The van der Waals surface area contributed by atoms with Crippen LogP contribution >= 0.6 is 0 Å². The Balaban J connectivity index is 2.03. The van der Waals surface area contributed by atoms with Crippen molar-refractivity contribution in [3.8, 4) is 0 Å². The molecule has 0 amide bonds. The number of nitrogens with zero attached hydrogens (tertiary/aromatic N) is 1. The Morgan fingerprint density at radius 1 is 1.38 bits per heavy atom. The molecule has 1 unspecified atom stereocenters. The average molecular weight is 290 g/mol. The topological polar surface area (TPSA) is 41.6 Å². The van der Waals surface area contributed by atoms with Gasteiger partial charge in [0.05, 0.1) is 7.11 Å². The fourth-order valence-electron chi connectivity index (χ4n) is 2.98. The molecule has 1 aromatic carbocycles. The van der Waals surface area contributed by atoms with Crippen LogP contribution in [0.3, 0.4) is 0 Å². The summed E-state index contributed by atoms with van der Waals surface area (Å²) >= 11 is 0. The highest BCUT2D eigenvalue weighted by atomic mass is 16.5. The van der Waals surface area contributed by atoms with Gasteiger partial charge in [-0.25, -0.2) is 0 Å². The van der Waals surface area contributed by atoms with Crippen LogP contribution in [0.5, 0.6) is 0 Å². The number of nitrogens with one attached hydrogen (secondary N) is 1. The van der Waals surface area contributed by atoms with Crippen molar-refractivity contribution < 1.29 is 9.53 Å². The van der Waals surface area contributed by atoms with Crippen molar-refractivity contribution in [1.29, 1.82) is 0 Å². The molecule has 0 radical (unpaired) electrons. The summed E-state index contributed by atoms with van der Waals surface area (Å²) in [4.78, 5) is 14.2. The number of hydrogen-bond acceptors (Lipinski definition) is 4. The number of hydrogen-bond donors (Lipinski definition) is 1. The van der Waals surface area contributed by atoms with Crippen molar-refractivity contribution in [2.45, 2.75) is 38.6 Å². The van der Waals surface area contributed by atoms with Gasteiger partial charge in [0, 0.05) is 18.8 Å². The van der Waals surface area contributed by atoms with E-state index in [2.05, 4.69) is 34.5 Å². The van der Waals surface area contributed by atoms with Crippen molar-refractivity contribution in [3.05, 3.63) is 29.8 Å². The van der Waals surface area contributed by atoms with Gasteiger partial charge in [0.2, 0.25) is 0 Å². The van der Waals surface area contributed by atoms with E-state index in [1.54, 1.807) is 0 Å². The predicted molar refractivity (Wildman–Crippen MR) is 85.7 cm³/mol. The third-order valence-electron chi connectivity index (χ3n) is 4.08. The largest absolute Gasteiger partial charge is 0.468 e. The zero-order chi connectivity index (χ0) is 15.1. The first-order chi connectivity index (χ1) is 10.3. The fraction of sp³-hybridized carbons (Fsp3) is 0.588. The molecule has 1 aromatic rings. The van der Waals surface area contributed by atoms with E-state index in [9.17, 15) is 4.79 Å². The number of methoxy groups -OCH3 is 1. The van der Waals surface area contributed by atoms with Gasteiger partial charge in [-0.1, -0.05) is 25.1 Å². The third kappa shape index (κ3) is 4.21. The molecule has 0 aromatic heterocycles. The molecule has 21 heavy (non-hydrogen) atoms. The van der Waals surface area contributed by atoms with E-state index in [0.29, 0.717) is 0 Å². The second kappa shape index (κ2) is 8.03. The number of para-hydroxylation sites is 1. The molecular formula is C17H26N2O2. The van der Waals surface area contributed by atoms with E-state index in [1.165, 1.54) is 31.2 Å². The van der Waals surface area contributed by atoms with Crippen molar-refractivity contribution >= 4 is 11.7 Å². The first kappa shape index (κ1) is 15.8. The molecule has 0 fully saturated rings. The summed E-state index contributed by atoms with van der Waals surface area (Å²) in [6.07, 6.45) is 4.37. The highest BCUT2D eigenvalue weighted by Crippen LogP contribution is 2.26. The maximum atomic E-state index is 11.8. The molecule has 1 N–H and O–H groups in total. The number of likely N-dealkylation sites (N-methyl/N-ethyl adjacent to an activating group) is 1. The van der Waals surface area contributed by atoms with Crippen LogP contribution in [-0.4, -0.2) is 38.8 Å².